The van der Waals surface area contributed by atoms with Crippen LogP contribution in [0.1, 0.15) is 15.2 Å². The van der Waals surface area contributed by atoms with Crippen LogP contribution in [0.5, 0.6) is 0 Å². The number of carbonyl (C=O) groups excluding carboxylic acids is 1. The third-order valence-corrected chi connectivity index (χ3v) is 3.45. The molecular weight excluding hydrogens is 249 g/mol. The number of hydrogen-bond donors (Lipinski definition) is 0. The minimum absolute atomic E-state index is 0.163. The molecule has 0 radical (unpaired) electrons. The van der Waals surface area contributed by atoms with Crippen LogP contribution in [-0.4, -0.2) is 24.3 Å². The van der Waals surface area contributed by atoms with Gasteiger partial charge in [0, 0.05) is 11.4 Å². The maximum Gasteiger partial charge on any atom is 0.179 e. The highest BCUT2D eigenvalue weighted by molar-refractivity contribution is 7.09. The van der Waals surface area contributed by atoms with E-state index in [-0.39, 0.29) is 17.9 Å². The van der Waals surface area contributed by atoms with Crippen LogP contribution >= 0.6 is 11.3 Å². The van der Waals surface area contributed by atoms with E-state index in [2.05, 4.69) is 0 Å². The first-order chi connectivity index (χ1) is 8.66. The van der Waals surface area contributed by atoms with E-state index in [4.69, 9.17) is 0 Å². The van der Waals surface area contributed by atoms with Gasteiger partial charge in [-0.3, -0.25) is 9.69 Å². The fraction of sp³-hybridized carbons (Fsp3) is 0.214. The van der Waals surface area contributed by atoms with Crippen LogP contribution in [0.2, 0.25) is 0 Å². The van der Waals surface area contributed by atoms with Crippen molar-refractivity contribution in [1.29, 1.82) is 0 Å². The van der Waals surface area contributed by atoms with Crippen LogP contribution in [0.3, 0.4) is 0 Å². The van der Waals surface area contributed by atoms with Crippen molar-refractivity contribution in [2.45, 2.75) is 6.54 Å². The molecule has 0 N–H and O–H groups in total. The molecule has 1 heterocycles. The van der Waals surface area contributed by atoms with Crippen LogP contribution in [-0.2, 0) is 6.54 Å². The molecule has 0 bridgehead atoms. The van der Waals surface area contributed by atoms with Crippen molar-refractivity contribution in [3.8, 4) is 0 Å². The number of rotatable bonds is 5. The Hall–Kier alpha value is -1.52. The van der Waals surface area contributed by atoms with Crippen molar-refractivity contribution in [3.63, 3.8) is 0 Å². The number of Topliss-reactive ketones (excluding diaryl/α,β-unsaturated/α-hetero) is 1. The second-order valence-corrected chi connectivity index (χ2v) is 5.19. The minimum atomic E-state index is -0.452. The zero-order valence-electron chi connectivity index (χ0n) is 10.1. The molecule has 18 heavy (non-hydrogen) atoms. The lowest BCUT2D eigenvalue weighted by atomic mass is 10.1. The highest BCUT2D eigenvalue weighted by Gasteiger charge is 2.13. The Morgan fingerprint density at radius 3 is 2.72 bits per heavy atom. The van der Waals surface area contributed by atoms with Crippen LogP contribution in [0, 0.1) is 5.82 Å². The molecule has 4 heteroatoms. The Morgan fingerprint density at radius 1 is 1.28 bits per heavy atom. The lowest BCUT2D eigenvalue weighted by Crippen LogP contribution is -2.25. The molecular formula is C14H14FNOS. The Labute approximate surface area is 110 Å². The number of carbonyl (C=O) groups is 1. The summed E-state index contributed by atoms with van der Waals surface area (Å²) in [5.41, 5.74) is 0.163. The molecule has 1 aromatic heterocycles. The van der Waals surface area contributed by atoms with Gasteiger partial charge in [0.05, 0.1) is 12.1 Å². The van der Waals surface area contributed by atoms with E-state index in [1.54, 1.807) is 23.5 Å². The summed E-state index contributed by atoms with van der Waals surface area (Å²) in [6.07, 6.45) is 0. The fourth-order valence-corrected chi connectivity index (χ4v) is 2.53. The van der Waals surface area contributed by atoms with Crippen molar-refractivity contribution in [2.24, 2.45) is 0 Å². The molecule has 2 nitrogen and oxygen atoms in total. The maximum atomic E-state index is 13.4. The smallest absolute Gasteiger partial charge is 0.179 e. The molecule has 2 rings (SSSR count). The van der Waals surface area contributed by atoms with Crippen LogP contribution in [0.15, 0.2) is 41.8 Å². The van der Waals surface area contributed by atoms with Gasteiger partial charge in [0.1, 0.15) is 5.82 Å². The van der Waals surface area contributed by atoms with Gasteiger partial charge in [0.15, 0.2) is 5.78 Å². The summed E-state index contributed by atoms with van der Waals surface area (Å²) in [4.78, 5) is 15.0. The molecule has 1 aromatic carbocycles. The molecule has 0 saturated heterocycles. The summed E-state index contributed by atoms with van der Waals surface area (Å²) in [6, 6.07) is 10.1. The molecule has 94 valence electrons. The topological polar surface area (TPSA) is 20.3 Å². The third-order valence-electron chi connectivity index (χ3n) is 2.59. The summed E-state index contributed by atoms with van der Waals surface area (Å²) in [7, 11) is 1.86. The van der Waals surface area contributed by atoms with Crippen molar-refractivity contribution in [1.82, 2.24) is 4.90 Å². The normalized spacial score (nSPS) is 10.8. The third kappa shape index (κ3) is 3.24. The number of likely N-dealkylation sites (N-methyl/N-ethyl adjacent to an activating group) is 1. The van der Waals surface area contributed by atoms with E-state index >= 15 is 0 Å². The lowest BCUT2D eigenvalue weighted by molar-refractivity contribution is 0.0939. The summed E-state index contributed by atoms with van der Waals surface area (Å²) in [5, 5.41) is 2.00. The highest BCUT2D eigenvalue weighted by atomic mass is 32.1. The van der Waals surface area contributed by atoms with Gasteiger partial charge < -0.3 is 0 Å². The minimum Gasteiger partial charge on any atom is -0.294 e. The lowest BCUT2D eigenvalue weighted by Gasteiger charge is -2.14. The molecule has 0 saturated carbocycles. The zero-order valence-corrected chi connectivity index (χ0v) is 10.9. The summed E-state index contributed by atoms with van der Waals surface area (Å²) in [6.45, 7) is 0.927. The van der Waals surface area contributed by atoms with E-state index in [0.717, 1.165) is 0 Å². The monoisotopic (exact) mass is 263 g/mol. The predicted octanol–water partition coefficient (Wildman–Crippen LogP) is 3.20. The quantitative estimate of drug-likeness (QED) is 0.772. The van der Waals surface area contributed by atoms with Gasteiger partial charge in [-0.1, -0.05) is 18.2 Å². The Morgan fingerprint density at radius 2 is 2.06 bits per heavy atom. The molecule has 2 aromatic rings. The summed E-state index contributed by atoms with van der Waals surface area (Å²) in [5.74, 6) is -0.640. The van der Waals surface area contributed by atoms with Gasteiger partial charge in [0.2, 0.25) is 0 Å². The van der Waals surface area contributed by atoms with Crippen molar-refractivity contribution < 1.29 is 9.18 Å². The molecule has 0 aliphatic rings. The number of ketones is 1. The zero-order chi connectivity index (χ0) is 13.0. The van der Waals surface area contributed by atoms with Gasteiger partial charge in [0.25, 0.3) is 0 Å². The fourth-order valence-electron chi connectivity index (χ4n) is 1.74. The Bertz CT molecular complexity index is 524. The first kappa shape index (κ1) is 12.9. The molecule has 0 aliphatic carbocycles. The molecule has 0 spiro atoms. The summed E-state index contributed by atoms with van der Waals surface area (Å²) >= 11 is 1.65. The van der Waals surface area contributed by atoms with Crippen LogP contribution in [0.4, 0.5) is 4.39 Å². The van der Waals surface area contributed by atoms with E-state index in [0.29, 0.717) is 6.54 Å². The predicted molar refractivity (Wildman–Crippen MR) is 71.4 cm³/mol. The average molecular weight is 263 g/mol. The standard InChI is InChI=1S/C14H14FNOS/c1-16(9-11-5-4-8-18-11)10-14(17)12-6-2-3-7-13(12)15/h2-8H,9-10H2,1H3. The second-order valence-electron chi connectivity index (χ2n) is 4.15. The number of nitrogens with zero attached hydrogens (tertiary/aromatic N) is 1. The molecule has 0 amide bonds. The van der Waals surface area contributed by atoms with Crippen LogP contribution < -0.4 is 0 Å². The average Bonchev–Trinajstić information content (AvgIpc) is 2.82. The maximum absolute atomic E-state index is 13.4. The van der Waals surface area contributed by atoms with E-state index in [1.807, 2.05) is 29.5 Å². The van der Waals surface area contributed by atoms with Gasteiger partial charge in [-0.2, -0.15) is 0 Å². The van der Waals surface area contributed by atoms with E-state index in [9.17, 15) is 9.18 Å². The number of thiophene rings is 1. The molecule has 0 unspecified atom stereocenters. The first-order valence-corrected chi connectivity index (χ1v) is 6.53. The Kier molecular flexibility index (Phi) is 4.23. The first-order valence-electron chi connectivity index (χ1n) is 5.65. The SMILES string of the molecule is CN(CC(=O)c1ccccc1F)Cc1cccs1. The highest BCUT2D eigenvalue weighted by Crippen LogP contribution is 2.12. The van der Waals surface area contributed by atoms with E-state index < -0.39 is 5.82 Å². The van der Waals surface area contributed by atoms with Gasteiger partial charge in [-0.05, 0) is 30.6 Å². The largest absolute Gasteiger partial charge is 0.294 e. The Balaban J connectivity index is 1.97. The molecule has 0 aliphatic heterocycles. The molecule has 0 atom stereocenters. The second kappa shape index (κ2) is 5.89. The number of hydrogen-bond acceptors (Lipinski definition) is 3. The van der Waals surface area contributed by atoms with Gasteiger partial charge in [-0.25, -0.2) is 4.39 Å². The van der Waals surface area contributed by atoms with E-state index in [1.165, 1.54) is 17.0 Å². The van der Waals surface area contributed by atoms with Gasteiger partial charge >= 0.3 is 0 Å². The van der Waals surface area contributed by atoms with Crippen molar-refractivity contribution in [3.05, 3.63) is 58.0 Å². The van der Waals surface area contributed by atoms with Crippen LogP contribution in [0.25, 0.3) is 0 Å². The number of benzene rings is 1. The molecule has 0 fully saturated rings. The van der Waals surface area contributed by atoms with Crippen molar-refractivity contribution >= 4 is 17.1 Å². The van der Waals surface area contributed by atoms with Crippen molar-refractivity contribution in [2.75, 3.05) is 13.6 Å². The van der Waals surface area contributed by atoms with Gasteiger partial charge in [-0.15, -0.1) is 11.3 Å². The number of halogens is 1. The summed E-state index contributed by atoms with van der Waals surface area (Å²) < 4.78 is 13.4.